The van der Waals surface area contributed by atoms with Crippen molar-refractivity contribution < 1.29 is 19.4 Å². The number of nitrogens with zero attached hydrogens (tertiary/aromatic N) is 2. The molecule has 104 valence electrons. The summed E-state index contributed by atoms with van der Waals surface area (Å²) in [6.45, 7) is 3.14. The molecule has 1 aromatic heterocycles. The van der Waals surface area contributed by atoms with Gasteiger partial charge in [-0.3, -0.25) is 9.59 Å². The average Bonchev–Trinajstić information content (AvgIpc) is 2.74. The van der Waals surface area contributed by atoms with Crippen LogP contribution in [0.3, 0.4) is 0 Å². The molecule has 6 nitrogen and oxygen atoms in total. The van der Waals surface area contributed by atoms with Crippen LogP contribution in [-0.2, 0) is 20.7 Å². The van der Waals surface area contributed by atoms with Crippen molar-refractivity contribution in [2.24, 2.45) is 0 Å². The second-order valence-electron chi connectivity index (χ2n) is 4.47. The SMILES string of the molecule is Cc1nc(CC(=O)N2CCO[C@@H](CC(=O)O)C2)cs1. The van der Waals surface area contributed by atoms with Crippen molar-refractivity contribution in [3.63, 3.8) is 0 Å². The number of aryl methyl sites for hydroxylation is 1. The van der Waals surface area contributed by atoms with Crippen LogP contribution in [0.15, 0.2) is 5.38 Å². The molecule has 1 amide bonds. The third-order valence-electron chi connectivity index (χ3n) is 2.89. The van der Waals surface area contributed by atoms with Gasteiger partial charge in [0.1, 0.15) is 0 Å². The van der Waals surface area contributed by atoms with Crippen LogP contribution in [0.2, 0.25) is 0 Å². The zero-order valence-electron chi connectivity index (χ0n) is 10.7. The maximum atomic E-state index is 12.1. The number of ether oxygens (including phenoxy) is 1. The molecule has 2 rings (SSSR count). The normalized spacial score (nSPS) is 19.4. The van der Waals surface area contributed by atoms with Gasteiger partial charge in [-0.05, 0) is 6.92 Å². The van der Waals surface area contributed by atoms with Gasteiger partial charge in [0.05, 0.1) is 36.3 Å². The van der Waals surface area contributed by atoms with Crippen molar-refractivity contribution in [2.45, 2.75) is 25.9 Å². The highest BCUT2D eigenvalue weighted by Gasteiger charge is 2.26. The smallest absolute Gasteiger partial charge is 0.306 e. The molecule has 1 N–H and O–H groups in total. The zero-order chi connectivity index (χ0) is 13.8. The topological polar surface area (TPSA) is 79.7 Å². The number of rotatable bonds is 4. The predicted octanol–water partition coefficient (Wildman–Crippen LogP) is 0.696. The van der Waals surface area contributed by atoms with Crippen molar-refractivity contribution in [1.29, 1.82) is 0 Å². The lowest BCUT2D eigenvalue weighted by molar-refractivity contribution is -0.147. The number of aliphatic carboxylic acids is 1. The fraction of sp³-hybridized carbons (Fsp3) is 0.583. The van der Waals surface area contributed by atoms with E-state index in [0.717, 1.165) is 10.7 Å². The molecule has 1 fully saturated rings. The molecule has 7 heteroatoms. The fourth-order valence-electron chi connectivity index (χ4n) is 2.02. The van der Waals surface area contributed by atoms with E-state index in [1.54, 1.807) is 4.90 Å². The van der Waals surface area contributed by atoms with E-state index in [1.165, 1.54) is 11.3 Å². The standard InChI is InChI=1S/C12H16N2O4S/c1-8-13-9(7-19-8)4-11(15)14-2-3-18-10(6-14)5-12(16)17/h7,10H,2-6H2,1H3,(H,16,17)/t10-/m0/s1. The molecule has 1 aromatic rings. The van der Waals surface area contributed by atoms with E-state index < -0.39 is 12.1 Å². The van der Waals surface area contributed by atoms with Crippen molar-refractivity contribution in [1.82, 2.24) is 9.88 Å². The number of morpholine rings is 1. The quantitative estimate of drug-likeness (QED) is 0.880. The Morgan fingerprint density at radius 3 is 3.05 bits per heavy atom. The van der Waals surface area contributed by atoms with Gasteiger partial charge in [0.25, 0.3) is 0 Å². The fourth-order valence-corrected chi connectivity index (χ4v) is 2.63. The first-order valence-corrected chi connectivity index (χ1v) is 6.94. The Bertz CT molecular complexity index is 474. The first kappa shape index (κ1) is 14.0. The lowest BCUT2D eigenvalue weighted by atomic mass is 10.2. The number of carboxylic acid groups (broad SMARTS) is 1. The van der Waals surface area contributed by atoms with Gasteiger partial charge >= 0.3 is 5.97 Å². The van der Waals surface area contributed by atoms with Crippen molar-refractivity contribution in [3.8, 4) is 0 Å². The highest BCUT2D eigenvalue weighted by Crippen LogP contribution is 2.13. The summed E-state index contributed by atoms with van der Waals surface area (Å²) in [6.07, 6.45) is -0.212. The Labute approximate surface area is 115 Å². The number of carbonyl (C=O) groups excluding carboxylic acids is 1. The monoisotopic (exact) mass is 284 g/mol. The molecular weight excluding hydrogens is 268 g/mol. The number of amides is 1. The van der Waals surface area contributed by atoms with Crippen LogP contribution in [-0.4, -0.2) is 52.7 Å². The molecule has 0 aliphatic carbocycles. The van der Waals surface area contributed by atoms with E-state index in [9.17, 15) is 9.59 Å². The molecule has 2 heterocycles. The second-order valence-corrected chi connectivity index (χ2v) is 5.53. The summed E-state index contributed by atoms with van der Waals surface area (Å²) in [5.74, 6) is -0.932. The molecule has 0 saturated carbocycles. The minimum atomic E-state index is -0.908. The maximum absolute atomic E-state index is 12.1. The first-order chi connectivity index (χ1) is 9.04. The Morgan fingerprint density at radius 2 is 2.42 bits per heavy atom. The zero-order valence-corrected chi connectivity index (χ0v) is 11.5. The van der Waals surface area contributed by atoms with Crippen LogP contribution >= 0.6 is 11.3 Å². The largest absolute Gasteiger partial charge is 0.481 e. The Morgan fingerprint density at radius 1 is 1.63 bits per heavy atom. The second kappa shape index (κ2) is 6.12. The van der Waals surface area contributed by atoms with Gasteiger partial charge in [-0.25, -0.2) is 4.98 Å². The third-order valence-corrected chi connectivity index (χ3v) is 3.72. The van der Waals surface area contributed by atoms with E-state index in [0.29, 0.717) is 19.7 Å². The van der Waals surface area contributed by atoms with Crippen LogP contribution in [0.5, 0.6) is 0 Å². The molecule has 1 atom stereocenters. The summed E-state index contributed by atoms with van der Waals surface area (Å²) in [6, 6.07) is 0. The first-order valence-electron chi connectivity index (χ1n) is 6.07. The van der Waals surface area contributed by atoms with Gasteiger partial charge in [0, 0.05) is 18.5 Å². The molecule has 0 bridgehead atoms. The van der Waals surface area contributed by atoms with Crippen molar-refractivity contribution in [3.05, 3.63) is 16.1 Å². The molecular formula is C12H16N2O4S. The maximum Gasteiger partial charge on any atom is 0.306 e. The van der Waals surface area contributed by atoms with E-state index >= 15 is 0 Å². The summed E-state index contributed by atoms with van der Waals surface area (Å²) >= 11 is 1.52. The van der Waals surface area contributed by atoms with Gasteiger partial charge in [-0.2, -0.15) is 0 Å². The van der Waals surface area contributed by atoms with Gasteiger partial charge in [0.15, 0.2) is 0 Å². The number of hydrogen-bond donors (Lipinski definition) is 1. The van der Waals surface area contributed by atoms with E-state index in [4.69, 9.17) is 9.84 Å². The van der Waals surface area contributed by atoms with Gasteiger partial charge < -0.3 is 14.7 Å². The van der Waals surface area contributed by atoms with Crippen molar-refractivity contribution >= 4 is 23.2 Å². The summed E-state index contributed by atoms with van der Waals surface area (Å²) in [5.41, 5.74) is 0.772. The molecule has 1 aliphatic rings. The van der Waals surface area contributed by atoms with Gasteiger partial charge in [-0.15, -0.1) is 11.3 Å². The average molecular weight is 284 g/mol. The molecule has 1 saturated heterocycles. The Kier molecular flexibility index (Phi) is 4.49. The summed E-state index contributed by atoms with van der Waals surface area (Å²) in [5, 5.41) is 11.6. The lowest BCUT2D eigenvalue weighted by Crippen LogP contribution is -2.46. The predicted molar refractivity (Wildman–Crippen MR) is 69.1 cm³/mol. The van der Waals surface area contributed by atoms with Crippen molar-refractivity contribution in [2.75, 3.05) is 19.7 Å². The number of aromatic nitrogens is 1. The number of carbonyl (C=O) groups is 2. The number of hydrogen-bond acceptors (Lipinski definition) is 5. The summed E-state index contributed by atoms with van der Waals surface area (Å²) in [7, 11) is 0. The summed E-state index contributed by atoms with van der Waals surface area (Å²) < 4.78 is 5.34. The lowest BCUT2D eigenvalue weighted by Gasteiger charge is -2.32. The van der Waals surface area contributed by atoms with E-state index in [1.807, 2.05) is 12.3 Å². The Hall–Kier alpha value is -1.47. The van der Waals surface area contributed by atoms with E-state index in [-0.39, 0.29) is 18.7 Å². The minimum absolute atomic E-state index is 0.0241. The highest BCUT2D eigenvalue weighted by atomic mass is 32.1. The molecule has 19 heavy (non-hydrogen) atoms. The van der Waals surface area contributed by atoms with Crippen LogP contribution < -0.4 is 0 Å². The molecule has 0 radical (unpaired) electrons. The molecule has 0 spiro atoms. The van der Waals surface area contributed by atoms with Gasteiger partial charge in [-0.1, -0.05) is 0 Å². The van der Waals surface area contributed by atoms with Gasteiger partial charge in [0.2, 0.25) is 5.91 Å². The van der Waals surface area contributed by atoms with Crippen LogP contribution in [0.25, 0.3) is 0 Å². The molecule has 1 aliphatic heterocycles. The number of carboxylic acids is 1. The third kappa shape index (κ3) is 4.00. The summed E-state index contributed by atoms with van der Waals surface area (Å²) in [4.78, 5) is 28.7. The molecule has 0 unspecified atom stereocenters. The van der Waals surface area contributed by atoms with Crippen LogP contribution in [0, 0.1) is 6.92 Å². The van der Waals surface area contributed by atoms with E-state index in [2.05, 4.69) is 4.98 Å². The van der Waals surface area contributed by atoms with Crippen LogP contribution in [0.1, 0.15) is 17.1 Å². The van der Waals surface area contributed by atoms with Crippen LogP contribution in [0.4, 0.5) is 0 Å². The Balaban J connectivity index is 1.89. The number of thiazole rings is 1. The minimum Gasteiger partial charge on any atom is -0.481 e. The molecule has 0 aromatic carbocycles. The highest BCUT2D eigenvalue weighted by molar-refractivity contribution is 7.09.